The predicted molar refractivity (Wildman–Crippen MR) is 107 cm³/mol. The third-order valence-corrected chi connectivity index (χ3v) is 5.76. The molecule has 7 nitrogen and oxygen atoms in total. The number of imide groups is 1. The van der Waals surface area contributed by atoms with Gasteiger partial charge < -0.3 is 14.4 Å². The SMILES string of the molecule is COc1ccc(OC)c(/C=C2\SC(=O)N(CC(=O)N3CCCCCC3)C2=O)c1. The van der Waals surface area contributed by atoms with Crippen molar-refractivity contribution >= 4 is 34.9 Å². The van der Waals surface area contributed by atoms with Gasteiger partial charge in [0.2, 0.25) is 5.91 Å². The zero-order chi connectivity index (χ0) is 20.1. The summed E-state index contributed by atoms with van der Waals surface area (Å²) < 4.78 is 10.5. The summed E-state index contributed by atoms with van der Waals surface area (Å²) in [4.78, 5) is 40.7. The molecular weight excluding hydrogens is 380 g/mol. The lowest BCUT2D eigenvalue weighted by molar-refractivity contribution is -0.135. The summed E-state index contributed by atoms with van der Waals surface area (Å²) in [5, 5.41) is -0.429. The van der Waals surface area contributed by atoms with E-state index in [-0.39, 0.29) is 17.4 Å². The minimum Gasteiger partial charge on any atom is -0.497 e. The molecule has 1 aromatic carbocycles. The minimum absolute atomic E-state index is 0.176. The number of thioether (sulfide) groups is 1. The van der Waals surface area contributed by atoms with E-state index in [4.69, 9.17) is 9.47 Å². The molecule has 0 aliphatic carbocycles. The van der Waals surface area contributed by atoms with Crippen LogP contribution in [0, 0.1) is 0 Å². The largest absolute Gasteiger partial charge is 0.497 e. The maximum atomic E-state index is 12.7. The first-order valence-corrected chi connectivity index (χ1v) is 10.1. The van der Waals surface area contributed by atoms with Crippen LogP contribution in [0.25, 0.3) is 6.08 Å². The van der Waals surface area contributed by atoms with Crippen molar-refractivity contribution in [1.82, 2.24) is 9.80 Å². The fourth-order valence-corrected chi connectivity index (χ4v) is 4.11. The number of rotatable bonds is 5. The molecule has 0 N–H and O–H groups in total. The van der Waals surface area contributed by atoms with Crippen LogP contribution in [0.3, 0.4) is 0 Å². The van der Waals surface area contributed by atoms with Crippen LogP contribution in [0.15, 0.2) is 23.1 Å². The molecule has 150 valence electrons. The van der Waals surface area contributed by atoms with E-state index in [2.05, 4.69) is 0 Å². The molecule has 1 aromatic rings. The molecule has 0 spiro atoms. The van der Waals surface area contributed by atoms with E-state index in [1.165, 1.54) is 7.11 Å². The highest BCUT2D eigenvalue weighted by Crippen LogP contribution is 2.35. The summed E-state index contributed by atoms with van der Waals surface area (Å²) in [6.07, 6.45) is 5.74. The number of benzene rings is 1. The van der Waals surface area contributed by atoms with Crippen LogP contribution in [0.1, 0.15) is 31.2 Å². The number of methoxy groups -OCH3 is 2. The smallest absolute Gasteiger partial charge is 0.294 e. The van der Waals surface area contributed by atoms with Gasteiger partial charge >= 0.3 is 0 Å². The molecule has 0 unspecified atom stereocenters. The van der Waals surface area contributed by atoms with Gasteiger partial charge in [-0.1, -0.05) is 12.8 Å². The molecule has 8 heteroatoms. The number of hydrogen-bond donors (Lipinski definition) is 0. The molecule has 0 saturated carbocycles. The van der Waals surface area contributed by atoms with E-state index in [0.29, 0.717) is 30.2 Å². The van der Waals surface area contributed by atoms with Gasteiger partial charge in [-0.2, -0.15) is 0 Å². The Morgan fingerprint density at radius 3 is 2.46 bits per heavy atom. The molecule has 28 heavy (non-hydrogen) atoms. The Bertz CT molecular complexity index is 800. The van der Waals surface area contributed by atoms with Crippen molar-refractivity contribution in [3.8, 4) is 11.5 Å². The minimum atomic E-state index is -0.456. The van der Waals surface area contributed by atoms with Crippen molar-refractivity contribution in [2.75, 3.05) is 33.9 Å². The molecule has 2 aliphatic heterocycles. The Morgan fingerprint density at radius 2 is 1.82 bits per heavy atom. The molecular formula is C20H24N2O5S. The fourth-order valence-electron chi connectivity index (χ4n) is 3.29. The molecule has 0 radical (unpaired) electrons. The third-order valence-electron chi connectivity index (χ3n) is 4.85. The van der Waals surface area contributed by atoms with Crippen molar-refractivity contribution in [3.63, 3.8) is 0 Å². The Hall–Kier alpha value is -2.48. The Morgan fingerprint density at radius 1 is 1.11 bits per heavy atom. The summed E-state index contributed by atoms with van der Waals surface area (Å²) in [5.74, 6) is 0.545. The van der Waals surface area contributed by atoms with Crippen LogP contribution in [0.4, 0.5) is 4.79 Å². The summed E-state index contributed by atoms with van der Waals surface area (Å²) in [7, 11) is 3.08. The standard InChI is InChI=1S/C20H24N2O5S/c1-26-15-7-8-16(27-2)14(11-15)12-17-19(24)22(20(25)28-17)13-18(23)21-9-5-3-4-6-10-21/h7-8,11-12H,3-6,9-10,13H2,1-2H3/b17-12-. The average molecular weight is 404 g/mol. The second-order valence-electron chi connectivity index (χ2n) is 6.67. The first-order chi connectivity index (χ1) is 13.5. The summed E-state index contributed by atoms with van der Waals surface area (Å²) in [5.41, 5.74) is 0.631. The molecule has 0 atom stereocenters. The van der Waals surface area contributed by atoms with E-state index in [1.807, 2.05) is 0 Å². The number of likely N-dealkylation sites (tertiary alicyclic amines) is 1. The lowest BCUT2D eigenvalue weighted by Crippen LogP contribution is -2.42. The highest BCUT2D eigenvalue weighted by molar-refractivity contribution is 8.18. The Kier molecular flexibility index (Phi) is 6.61. The Labute approximate surface area is 168 Å². The Balaban J connectivity index is 1.76. The normalized spacial score (nSPS) is 19.1. The van der Waals surface area contributed by atoms with Crippen molar-refractivity contribution in [1.29, 1.82) is 0 Å². The van der Waals surface area contributed by atoms with Gasteiger partial charge in [0, 0.05) is 18.7 Å². The van der Waals surface area contributed by atoms with Gasteiger partial charge in [-0.15, -0.1) is 0 Å². The predicted octanol–water partition coefficient (Wildman–Crippen LogP) is 3.14. The van der Waals surface area contributed by atoms with Crippen LogP contribution in [-0.4, -0.2) is 60.7 Å². The highest BCUT2D eigenvalue weighted by atomic mass is 32.2. The van der Waals surface area contributed by atoms with Gasteiger partial charge in [0.1, 0.15) is 18.0 Å². The molecule has 2 saturated heterocycles. The number of amides is 3. The number of carbonyl (C=O) groups is 3. The van der Waals surface area contributed by atoms with Crippen LogP contribution in [0.2, 0.25) is 0 Å². The van der Waals surface area contributed by atoms with Gasteiger partial charge in [-0.3, -0.25) is 19.3 Å². The maximum absolute atomic E-state index is 12.7. The molecule has 0 aromatic heterocycles. The van der Waals surface area contributed by atoms with Gasteiger partial charge in [-0.05, 0) is 48.9 Å². The van der Waals surface area contributed by atoms with E-state index in [1.54, 1.807) is 36.3 Å². The van der Waals surface area contributed by atoms with Crippen LogP contribution in [-0.2, 0) is 9.59 Å². The molecule has 2 aliphatic rings. The second-order valence-corrected chi connectivity index (χ2v) is 7.66. The second kappa shape index (κ2) is 9.14. The number of hydrogen-bond acceptors (Lipinski definition) is 6. The summed E-state index contributed by atoms with van der Waals surface area (Å²) in [6, 6.07) is 5.22. The zero-order valence-electron chi connectivity index (χ0n) is 16.1. The number of nitrogens with zero attached hydrogens (tertiary/aromatic N) is 2. The zero-order valence-corrected chi connectivity index (χ0v) is 16.9. The topological polar surface area (TPSA) is 76.2 Å². The van der Waals surface area contributed by atoms with Crippen LogP contribution in [0.5, 0.6) is 11.5 Å². The van der Waals surface area contributed by atoms with Crippen molar-refractivity contribution in [3.05, 3.63) is 28.7 Å². The molecule has 3 rings (SSSR count). The lowest BCUT2D eigenvalue weighted by Gasteiger charge is -2.22. The molecule has 3 amide bonds. The number of carbonyl (C=O) groups excluding carboxylic acids is 3. The monoisotopic (exact) mass is 404 g/mol. The first kappa shape index (κ1) is 20.3. The summed E-state index contributed by atoms with van der Waals surface area (Å²) in [6.45, 7) is 1.16. The van der Waals surface area contributed by atoms with Crippen LogP contribution < -0.4 is 9.47 Å². The van der Waals surface area contributed by atoms with Crippen LogP contribution >= 0.6 is 11.8 Å². The van der Waals surface area contributed by atoms with Crippen molar-refractivity contribution in [2.45, 2.75) is 25.7 Å². The van der Waals surface area contributed by atoms with Crippen molar-refractivity contribution < 1.29 is 23.9 Å². The highest BCUT2D eigenvalue weighted by Gasteiger charge is 2.37. The molecule has 2 heterocycles. The third kappa shape index (κ3) is 4.49. The van der Waals surface area contributed by atoms with E-state index >= 15 is 0 Å². The maximum Gasteiger partial charge on any atom is 0.294 e. The van der Waals surface area contributed by atoms with Gasteiger partial charge in [0.25, 0.3) is 11.1 Å². The van der Waals surface area contributed by atoms with Crippen molar-refractivity contribution in [2.24, 2.45) is 0 Å². The quantitative estimate of drug-likeness (QED) is 0.702. The summed E-state index contributed by atoms with van der Waals surface area (Å²) >= 11 is 0.833. The average Bonchev–Trinajstić information content (AvgIpc) is 2.91. The van der Waals surface area contributed by atoms with E-state index in [9.17, 15) is 14.4 Å². The first-order valence-electron chi connectivity index (χ1n) is 9.28. The van der Waals surface area contributed by atoms with Gasteiger partial charge in [0.05, 0.1) is 19.1 Å². The number of ether oxygens (including phenoxy) is 2. The molecule has 2 fully saturated rings. The fraction of sp³-hybridized carbons (Fsp3) is 0.450. The van der Waals surface area contributed by atoms with Gasteiger partial charge in [0.15, 0.2) is 0 Å². The van der Waals surface area contributed by atoms with E-state index < -0.39 is 11.1 Å². The molecule has 0 bridgehead atoms. The van der Waals surface area contributed by atoms with E-state index in [0.717, 1.165) is 42.3 Å². The lowest BCUT2D eigenvalue weighted by atomic mass is 10.1. The van der Waals surface area contributed by atoms with Gasteiger partial charge in [-0.25, -0.2) is 0 Å².